The molecule has 0 radical (unpaired) electrons. The van der Waals surface area contributed by atoms with Crippen molar-refractivity contribution in [1.82, 2.24) is 0 Å². The number of nitrogens with one attached hydrogen (secondary N) is 1. The zero-order valence-corrected chi connectivity index (χ0v) is 13.5. The van der Waals surface area contributed by atoms with Crippen molar-refractivity contribution in [2.24, 2.45) is 5.14 Å². The smallest absolute Gasteiger partial charge is 0.240 e. The van der Waals surface area contributed by atoms with Crippen LogP contribution < -0.4 is 10.5 Å². The Labute approximate surface area is 133 Å². The van der Waals surface area contributed by atoms with Crippen LogP contribution in [0.5, 0.6) is 0 Å². The van der Waals surface area contributed by atoms with Gasteiger partial charge in [-0.1, -0.05) is 41.4 Å². The first kappa shape index (κ1) is 16.1. The van der Waals surface area contributed by atoms with Gasteiger partial charge in [-0.15, -0.1) is 0 Å². The van der Waals surface area contributed by atoms with Gasteiger partial charge < -0.3 is 5.32 Å². The van der Waals surface area contributed by atoms with E-state index in [1.165, 1.54) is 6.07 Å². The first-order valence-corrected chi connectivity index (χ1v) is 8.42. The van der Waals surface area contributed by atoms with Gasteiger partial charge in [0, 0.05) is 10.0 Å². The maximum absolute atomic E-state index is 11.6. The number of para-hydroxylation sites is 1. The zero-order chi connectivity index (χ0) is 15.6. The molecule has 0 saturated heterocycles. The van der Waals surface area contributed by atoms with E-state index in [2.05, 4.69) is 5.32 Å². The average Bonchev–Trinajstić information content (AvgIpc) is 2.37. The van der Waals surface area contributed by atoms with Gasteiger partial charge in [0.15, 0.2) is 0 Å². The molecule has 1 atom stereocenters. The van der Waals surface area contributed by atoms with Gasteiger partial charge in [0.1, 0.15) is 4.90 Å². The topological polar surface area (TPSA) is 72.2 Å². The van der Waals surface area contributed by atoms with Gasteiger partial charge in [-0.3, -0.25) is 0 Å². The highest BCUT2D eigenvalue weighted by atomic mass is 35.5. The van der Waals surface area contributed by atoms with Crippen LogP contribution in [0.3, 0.4) is 0 Å². The summed E-state index contributed by atoms with van der Waals surface area (Å²) >= 11 is 12.0. The molecule has 1 unspecified atom stereocenters. The molecule has 0 aliphatic heterocycles. The first-order valence-electron chi connectivity index (χ1n) is 6.12. The Morgan fingerprint density at radius 2 is 1.81 bits per heavy atom. The number of rotatable bonds is 4. The van der Waals surface area contributed by atoms with Gasteiger partial charge in [-0.2, -0.15) is 0 Å². The fourth-order valence-electron chi connectivity index (χ4n) is 2.00. The van der Waals surface area contributed by atoms with E-state index in [1.807, 2.05) is 6.92 Å². The predicted molar refractivity (Wildman–Crippen MR) is 86.3 cm³/mol. The van der Waals surface area contributed by atoms with E-state index in [-0.39, 0.29) is 10.9 Å². The van der Waals surface area contributed by atoms with Gasteiger partial charge in [0.2, 0.25) is 10.0 Å². The number of hydrogen-bond acceptors (Lipinski definition) is 3. The van der Waals surface area contributed by atoms with Crippen LogP contribution in [-0.4, -0.2) is 8.42 Å². The molecule has 0 fully saturated rings. The van der Waals surface area contributed by atoms with Crippen molar-refractivity contribution >= 4 is 38.9 Å². The standard InChI is InChI=1S/C14H14Cl2N2O2S/c1-9(11-7-6-10(15)8-12(11)16)18-13-4-2-3-5-14(13)21(17,19)20/h2-9,18H,1H3,(H2,17,19,20). The van der Waals surface area contributed by atoms with Gasteiger partial charge in [0.05, 0.1) is 11.7 Å². The van der Waals surface area contributed by atoms with Crippen molar-refractivity contribution in [3.05, 3.63) is 58.1 Å². The summed E-state index contributed by atoms with van der Waals surface area (Å²) in [4.78, 5) is 0.0435. The second-order valence-corrected chi connectivity index (χ2v) is 6.95. The Morgan fingerprint density at radius 1 is 1.14 bits per heavy atom. The minimum Gasteiger partial charge on any atom is -0.377 e. The molecule has 0 saturated carbocycles. The molecule has 2 aromatic carbocycles. The lowest BCUT2D eigenvalue weighted by Crippen LogP contribution is -2.16. The van der Waals surface area contributed by atoms with Crippen molar-refractivity contribution in [2.45, 2.75) is 17.9 Å². The summed E-state index contributed by atoms with van der Waals surface area (Å²) in [6.45, 7) is 1.87. The third-order valence-corrected chi connectivity index (χ3v) is 4.53. The number of nitrogens with two attached hydrogens (primary N) is 1. The van der Waals surface area contributed by atoms with E-state index in [9.17, 15) is 8.42 Å². The van der Waals surface area contributed by atoms with Crippen LogP contribution >= 0.6 is 23.2 Å². The van der Waals surface area contributed by atoms with Gasteiger partial charge in [-0.05, 0) is 36.8 Å². The van der Waals surface area contributed by atoms with Crippen LogP contribution in [0.15, 0.2) is 47.4 Å². The van der Waals surface area contributed by atoms with Gasteiger partial charge in [-0.25, -0.2) is 13.6 Å². The maximum Gasteiger partial charge on any atom is 0.240 e. The lowest BCUT2D eigenvalue weighted by Gasteiger charge is -2.19. The normalized spacial score (nSPS) is 13.0. The molecule has 112 valence electrons. The van der Waals surface area contributed by atoms with Gasteiger partial charge in [0.25, 0.3) is 0 Å². The Balaban J connectivity index is 2.34. The fourth-order valence-corrected chi connectivity index (χ4v) is 3.27. The summed E-state index contributed by atoms with van der Waals surface area (Å²) in [5.41, 5.74) is 1.24. The molecule has 0 amide bonds. The summed E-state index contributed by atoms with van der Waals surface area (Å²) in [7, 11) is -3.79. The monoisotopic (exact) mass is 344 g/mol. The molecule has 0 bridgehead atoms. The molecular weight excluding hydrogens is 331 g/mol. The molecule has 21 heavy (non-hydrogen) atoms. The number of anilines is 1. The van der Waals surface area contributed by atoms with Gasteiger partial charge >= 0.3 is 0 Å². The van der Waals surface area contributed by atoms with Crippen molar-refractivity contribution in [3.63, 3.8) is 0 Å². The quantitative estimate of drug-likeness (QED) is 0.885. The van der Waals surface area contributed by atoms with Crippen LogP contribution in [0, 0.1) is 0 Å². The number of benzene rings is 2. The van der Waals surface area contributed by atoms with Crippen LogP contribution in [0.1, 0.15) is 18.5 Å². The lowest BCUT2D eigenvalue weighted by atomic mass is 10.1. The van der Waals surface area contributed by atoms with Crippen LogP contribution in [-0.2, 0) is 10.0 Å². The maximum atomic E-state index is 11.6. The predicted octanol–water partition coefficient (Wildman–Crippen LogP) is 3.81. The van der Waals surface area contributed by atoms with E-state index in [0.29, 0.717) is 15.7 Å². The second kappa shape index (κ2) is 6.23. The molecule has 3 N–H and O–H groups in total. The molecular formula is C14H14Cl2N2O2S. The highest BCUT2D eigenvalue weighted by Crippen LogP contribution is 2.30. The highest BCUT2D eigenvalue weighted by Gasteiger charge is 2.16. The third kappa shape index (κ3) is 3.89. The van der Waals surface area contributed by atoms with E-state index < -0.39 is 10.0 Å². The molecule has 7 heteroatoms. The second-order valence-electron chi connectivity index (χ2n) is 4.57. The summed E-state index contributed by atoms with van der Waals surface area (Å²) < 4.78 is 23.2. The fraction of sp³-hybridized carbons (Fsp3) is 0.143. The summed E-state index contributed by atoms with van der Waals surface area (Å²) in [6.07, 6.45) is 0. The number of halogens is 2. The first-order chi connectivity index (χ1) is 9.79. The molecule has 0 spiro atoms. The van der Waals surface area contributed by atoms with E-state index in [4.69, 9.17) is 28.3 Å². The SMILES string of the molecule is CC(Nc1ccccc1S(N)(=O)=O)c1ccc(Cl)cc1Cl. The number of primary sulfonamides is 1. The molecule has 0 heterocycles. The van der Waals surface area contributed by atoms with Crippen molar-refractivity contribution in [2.75, 3.05) is 5.32 Å². The molecule has 2 aromatic rings. The summed E-state index contributed by atoms with van der Waals surface area (Å²) in [5, 5.41) is 9.37. The van der Waals surface area contributed by atoms with Crippen molar-refractivity contribution < 1.29 is 8.42 Å². The van der Waals surface area contributed by atoms with E-state index in [1.54, 1.807) is 36.4 Å². The molecule has 0 aliphatic rings. The zero-order valence-electron chi connectivity index (χ0n) is 11.2. The Morgan fingerprint density at radius 3 is 2.43 bits per heavy atom. The minimum absolute atomic E-state index is 0.0435. The van der Waals surface area contributed by atoms with E-state index >= 15 is 0 Å². The molecule has 2 rings (SSSR count). The Hall–Kier alpha value is -1.27. The third-order valence-electron chi connectivity index (χ3n) is 2.99. The summed E-state index contributed by atoms with van der Waals surface area (Å²) in [5.74, 6) is 0. The minimum atomic E-state index is -3.79. The number of sulfonamides is 1. The molecule has 4 nitrogen and oxygen atoms in total. The highest BCUT2D eigenvalue weighted by molar-refractivity contribution is 7.89. The van der Waals surface area contributed by atoms with Crippen molar-refractivity contribution in [3.8, 4) is 0 Å². The van der Waals surface area contributed by atoms with Crippen LogP contribution in [0.4, 0.5) is 5.69 Å². The van der Waals surface area contributed by atoms with Crippen molar-refractivity contribution in [1.29, 1.82) is 0 Å². The Bertz CT molecular complexity index is 763. The van der Waals surface area contributed by atoms with E-state index in [0.717, 1.165) is 5.56 Å². The summed E-state index contributed by atoms with van der Waals surface area (Å²) in [6, 6.07) is 11.4. The average molecular weight is 345 g/mol. The van der Waals surface area contributed by atoms with Crippen LogP contribution in [0.2, 0.25) is 10.0 Å². The number of hydrogen-bond donors (Lipinski definition) is 2. The molecule has 0 aliphatic carbocycles. The van der Waals surface area contributed by atoms with Crippen LogP contribution in [0.25, 0.3) is 0 Å². The Kier molecular flexibility index (Phi) is 4.78. The largest absolute Gasteiger partial charge is 0.377 e. The lowest BCUT2D eigenvalue weighted by molar-refractivity contribution is 0.598. The molecule has 0 aromatic heterocycles.